The van der Waals surface area contributed by atoms with E-state index >= 15 is 0 Å². The molecule has 148 valence electrons. The van der Waals surface area contributed by atoms with Crippen molar-refractivity contribution in [1.29, 1.82) is 0 Å². The molecule has 2 aromatic heterocycles. The molecule has 2 saturated heterocycles. The molecule has 2 atom stereocenters. The Kier molecular flexibility index (Phi) is 4.54. The second-order valence-electron chi connectivity index (χ2n) is 6.68. The Labute approximate surface area is 181 Å². The molecule has 0 unspecified atom stereocenters. The first-order valence-electron chi connectivity index (χ1n) is 8.76. The number of carbonyl (C=O) groups excluding carboxylic acids is 2. The fourth-order valence-electron chi connectivity index (χ4n) is 3.52. The fourth-order valence-corrected chi connectivity index (χ4v) is 5.02. The molecule has 1 amide bonds. The highest BCUT2D eigenvalue weighted by Crippen LogP contribution is 2.38. The molecule has 0 radical (unpaired) electrons. The lowest BCUT2D eigenvalue weighted by Gasteiger charge is -2.18. The molecule has 3 aromatic rings. The maximum atomic E-state index is 14.4. The van der Waals surface area contributed by atoms with Crippen LogP contribution >= 0.6 is 33.9 Å². The Morgan fingerprint density at radius 3 is 2.76 bits per heavy atom. The number of benzene rings is 1. The van der Waals surface area contributed by atoms with E-state index in [0.717, 1.165) is 3.57 Å². The summed E-state index contributed by atoms with van der Waals surface area (Å²) in [4.78, 5) is 31.2. The van der Waals surface area contributed by atoms with E-state index in [4.69, 9.17) is 9.47 Å². The lowest BCUT2D eigenvalue weighted by molar-refractivity contribution is 0.0676. The number of ether oxygens (including phenoxy) is 2. The highest BCUT2D eigenvalue weighted by Gasteiger charge is 2.46. The van der Waals surface area contributed by atoms with Crippen LogP contribution in [0.2, 0.25) is 0 Å². The van der Waals surface area contributed by atoms with Gasteiger partial charge in [-0.2, -0.15) is 0 Å². The van der Waals surface area contributed by atoms with Gasteiger partial charge in [-0.15, -0.1) is 0 Å². The van der Waals surface area contributed by atoms with Gasteiger partial charge in [-0.05, 0) is 52.9 Å². The number of amides is 1. The number of pyridine rings is 1. The van der Waals surface area contributed by atoms with Gasteiger partial charge in [0.25, 0.3) is 5.91 Å². The molecular weight excluding hydrogens is 512 g/mol. The third kappa shape index (κ3) is 3.29. The van der Waals surface area contributed by atoms with Gasteiger partial charge < -0.3 is 19.7 Å². The van der Waals surface area contributed by atoms with E-state index in [-0.39, 0.29) is 24.7 Å². The molecule has 7 nitrogen and oxygen atoms in total. The van der Waals surface area contributed by atoms with Gasteiger partial charge in [0.1, 0.15) is 15.6 Å². The van der Waals surface area contributed by atoms with Crippen LogP contribution in [0.5, 0.6) is 0 Å². The topological polar surface area (TPSA) is 80.8 Å². The van der Waals surface area contributed by atoms with Crippen molar-refractivity contribution in [2.45, 2.75) is 12.2 Å². The van der Waals surface area contributed by atoms with Gasteiger partial charge >= 0.3 is 6.16 Å². The normalized spacial score (nSPS) is 20.5. The van der Waals surface area contributed by atoms with E-state index in [2.05, 4.69) is 10.3 Å². The molecule has 0 bridgehead atoms. The second kappa shape index (κ2) is 7.10. The van der Waals surface area contributed by atoms with Crippen LogP contribution < -0.4 is 5.32 Å². The first kappa shape index (κ1) is 18.6. The number of halogens is 2. The van der Waals surface area contributed by atoms with Crippen LogP contribution in [0.4, 0.5) is 19.9 Å². The number of carbonyl (C=O) groups is 2. The molecule has 5 rings (SSSR count). The zero-order valence-corrected chi connectivity index (χ0v) is 17.7. The van der Waals surface area contributed by atoms with Gasteiger partial charge in [0.15, 0.2) is 12.2 Å². The number of likely N-dealkylation sites (tertiary alicyclic amines) is 1. The largest absolute Gasteiger partial charge is 0.509 e. The number of hydrogen-bond acceptors (Lipinski definition) is 7. The van der Waals surface area contributed by atoms with Gasteiger partial charge in [0.2, 0.25) is 0 Å². The van der Waals surface area contributed by atoms with Crippen molar-refractivity contribution in [3.05, 3.63) is 51.5 Å². The molecule has 1 N–H and O–H groups in total. The van der Waals surface area contributed by atoms with Crippen LogP contribution in [0.1, 0.15) is 10.4 Å². The number of fused-ring (bicyclic) bond motifs is 2. The third-order valence-electron chi connectivity index (χ3n) is 4.86. The van der Waals surface area contributed by atoms with Gasteiger partial charge in [0, 0.05) is 15.2 Å². The summed E-state index contributed by atoms with van der Waals surface area (Å²) in [6.07, 6.45) is 0.0310. The zero-order chi connectivity index (χ0) is 20.1. The number of anilines is 2. The molecule has 2 aliphatic rings. The van der Waals surface area contributed by atoms with Crippen molar-refractivity contribution < 1.29 is 23.5 Å². The summed E-state index contributed by atoms with van der Waals surface area (Å²) >= 11 is 3.32. The van der Waals surface area contributed by atoms with Crippen molar-refractivity contribution >= 4 is 66.9 Å². The highest BCUT2D eigenvalue weighted by molar-refractivity contribution is 14.1. The summed E-state index contributed by atoms with van der Waals surface area (Å²) in [5.74, 6) is -0.650. The number of thiophene rings is 1. The standard InChI is InChI=1S/C19H13FIN3O4S/c20-11-6-9(21)3-4-12(11)23-17-15(10-2-1-5-22-16(10)29-17)18(25)24-7-13-14(8-24)28-19(26)27-13/h1-6,13-14,23H,7-8H2/t13-,14+. The quantitative estimate of drug-likeness (QED) is 0.409. The molecule has 29 heavy (non-hydrogen) atoms. The van der Waals surface area contributed by atoms with Crippen LogP contribution in [0.25, 0.3) is 10.2 Å². The summed E-state index contributed by atoms with van der Waals surface area (Å²) in [7, 11) is 0. The van der Waals surface area contributed by atoms with Crippen molar-refractivity contribution in [2.75, 3.05) is 18.4 Å². The maximum Gasteiger partial charge on any atom is 0.509 e. The first-order valence-corrected chi connectivity index (χ1v) is 10.7. The lowest BCUT2D eigenvalue weighted by Crippen LogP contribution is -2.31. The summed E-state index contributed by atoms with van der Waals surface area (Å²) in [5.41, 5.74) is 0.698. The Hall–Kier alpha value is -2.47. The van der Waals surface area contributed by atoms with Crippen molar-refractivity contribution in [3.8, 4) is 0 Å². The average molecular weight is 525 g/mol. The third-order valence-corrected chi connectivity index (χ3v) is 6.56. The molecule has 0 aliphatic carbocycles. The van der Waals surface area contributed by atoms with E-state index in [1.54, 1.807) is 29.3 Å². The minimum Gasteiger partial charge on any atom is -0.425 e. The highest BCUT2D eigenvalue weighted by atomic mass is 127. The molecule has 0 saturated carbocycles. The second-order valence-corrected chi connectivity index (χ2v) is 8.93. The number of nitrogens with one attached hydrogen (secondary N) is 1. The average Bonchev–Trinajstić information content (AvgIpc) is 3.33. The number of aromatic nitrogens is 1. The van der Waals surface area contributed by atoms with Crippen molar-refractivity contribution in [2.24, 2.45) is 0 Å². The zero-order valence-electron chi connectivity index (χ0n) is 14.7. The van der Waals surface area contributed by atoms with Crippen LogP contribution in [0.3, 0.4) is 0 Å². The summed E-state index contributed by atoms with van der Waals surface area (Å²) < 4.78 is 25.3. The molecule has 1 aromatic carbocycles. The van der Waals surface area contributed by atoms with E-state index < -0.39 is 24.2 Å². The van der Waals surface area contributed by atoms with Crippen LogP contribution in [-0.2, 0) is 9.47 Å². The Morgan fingerprint density at radius 1 is 1.28 bits per heavy atom. The molecule has 2 aliphatic heterocycles. The minimum absolute atomic E-state index is 0.244. The Bertz CT molecular complexity index is 1140. The van der Waals surface area contributed by atoms with Crippen LogP contribution in [-0.4, -0.2) is 47.2 Å². The van der Waals surface area contributed by atoms with Gasteiger partial charge in [-0.1, -0.05) is 11.3 Å². The van der Waals surface area contributed by atoms with Gasteiger partial charge in [-0.25, -0.2) is 14.2 Å². The Balaban J connectivity index is 1.51. The SMILES string of the molecule is O=C1O[C@H]2CN(C(=O)c3c(Nc4ccc(I)cc4F)sc4ncccc34)C[C@H]2O1. The summed E-state index contributed by atoms with van der Waals surface area (Å²) in [6, 6.07) is 8.41. The monoisotopic (exact) mass is 525 g/mol. The van der Waals surface area contributed by atoms with E-state index in [1.807, 2.05) is 28.7 Å². The predicted molar refractivity (Wildman–Crippen MR) is 113 cm³/mol. The van der Waals surface area contributed by atoms with Crippen molar-refractivity contribution in [3.63, 3.8) is 0 Å². The van der Waals surface area contributed by atoms with E-state index in [0.29, 0.717) is 20.8 Å². The van der Waals surface area contributed by atoms with Crippen LogP contribution in [0, 0.1) is 9.39 Å². The smallest absolute Gasteiger partial charge is 0.425 e. The molecule has 10 heteroatoms. The molecule has 4 heterocycles. The molecule has 0 spiro atoms. The van der Waals surface area contributed by atoms with E-state index in [9.17, 15) is 14.0 Å². The number of nitrogens with zero attached hydrogens (tertiary/aromatic N) is 2. The lowest BCUT2D eigenvalue weighted by atomic mass is 10.1. The Morgan fingerprint density at radius 2 is 2.03 bits per heavy atom. The number of rotatable bonds is 3. The minimum atomic E-state index is -0.700. The first-order chi connectivity index (χ1) is 14.0. The van der Waals surface area contributed by atoms with Crippen molar-refractivity contribution in [1.82, 2.24) is 9.88 Å². The van der Waals surface area contributed by atoms with Crippen LogP contribution in [0.15, 0.2) is 36.5 Å². The molecular formula is C19H13FIN3O4S. The van der Waals surface area contributed by atoms with Gasteiger partial charge in [0.05, 0.1) is 24.3 Å². The predicted octanol–water partition coefficient (Wildman–Crippen LogP) is 4.14. The van der Waals surface area contributed by atoms with Gasteiger partial charge in [-0.3, -0.25) is 4.79 Å². The molecule has 2 fully saturated rings. The maximum absolute atomic E-state index is 14.4. The summed E-state index contributed by atoms with van der Waals surface area (Å²) in [6.45, 7) is 0.508. The summed E-state index contributed by atoms with van der Waals surface area (Å²) in [5, 5.41) is 4.25. The number of hydrogen-bond donors (Lipinski definition) is 1. The van der Waals surface area contributed by atoms with E-state index in [1.165, 1.54) is 17.4 Å². The fraction of sp³-hybridized carbons (Fsp3) is 0.211.